The van der Waals surface area contributed by atoms with E-state index in [2.05, 4.69) is 43.0 Å². The van der Waals surface area contributed by atoms with Gasteiger partial charge in [-0.25, -0.2) is 4.79 Å². The van der Waals surface area contributed by atoms with Crippen LogP contribution in [0.4, 0.5) is 5.69 Å². The molecule has 0 amide bonds. The summed E-state index contributed by atoms with van der Waals surface area (Å²) in [4.78, 5) is 14.6. The molecule has 0 saturated heterocycles. The van der Waals surface area contributed by atoms with E-state index in [9.17, 15) is 10.0 Å². The summed E-state index contributed by atoms with van der Waals surface area (Å²) in [6.07, 6.45) is 0.864. The molecule has 4 rings (SSSR count). The van der Waals surface area contributed by atoms with Crippen LogP contribution in [0, 0.1) is 6.92 Å². The Labute approximate surface area is 243 Å². The van der Waals surface area contributed by atoms with Crippen LogP contribution in [-0.4, -0.2) is 55.9 Å². The molecule has 1 unspecified atom stereocenters. The predicted octanol–water partition coefficient (Wildman–Crippen LogP) is 6.30. The highest BCUT2D eigenvalue weighted by Crippen LogP contribution is 2.41. The summed E-state index contributed by atoms with van der Waals surface area (Å²) in [5.74, 6) is 0.454. The summed E-state index contributed by atoms with van der Waals surface area (Å²) < 4.78 is 16.9. The molecule has 0 spiro atoms. The SMILES string of the molecule is CCOC(=O)C(Cc1ccc(OCCN2CCC(C)(C)c3cc(/C(=N/O)c4ccccc4)c(C)cc32)cc1)OCC. The van der Waals surface area contributed by atoms with Crippen molar-refractivity contribution in [3.05, 3.63) is 94.5 Å². The zero-order valence-electron chi connectivity index (χ0n) is 24.9. The number of anilines is 1. The van der Waals surface area contributed by atoms with Crippen molar-refractivity contribution in [3.63, 3.8) is 0 Å². The van der Waals surface area contributed by atoms with Crippen LogP contribution >= 0.6 is 0 Å². The van der Waals surface area contributed by atoms with Gasteiger partial charge in [0, 0.05) is 36.4 Å². The third-order valence-electron chi connectivity index (χ3n) is 7.71. The molecule has 1 aliphatic rings. The summed E-state index contributed by atoms with van der Waals surface area (Å²) in [5, 5.41) is 13.6. The van der Waals surface area contributed by atoms with Gasteiger partial charge in [0.05, 0.1) is 13.2 Å². The third-order valence-corrected chi connectivity index (χ3v) is 7.71. The molecule has 3 aromatic rings. The standard InChI is InChI=1S/C34H42N2O5/c1-6-39-31(33(37)40-7-2)22-25-13-15-27(16-14-25)41-20-19-36-18-17-34(4,5)29-23-28(24(3)21-30(29)36)32(35-38)26-11-9-8-10-12-26/h8-16,21,23,31,38H,6-7,17-20,22H2,1-5H3/b35-32+. The number of esters is 1. The van der Waals surface area contributed by atoms with Crippen molar-refractivity contribution >= 4 is 17.4 Å². The molecule has 7 nitrogen and oxygen atoms in total. The Morgan fingerprint density at radius 2 is 1.78 bits per heavy atom. The number of benzene rings is 3. The monoisotopic (exact) mass is 558 g/mol. The van der Waals surface area contributed by atoms with Crippen LogP contribution in [-0.2, 0) is 26.1 Å². The molecule has 0 aromatic heterocycles. The molecular formula is C34H42N2O5. The first kappa shape index (κ1) is 30.1. The van der Waals surface area contributed by atoms with Gasteiger partial charge < -0.3 is 24.3 Å². The van der Waals surface area contributed by atoms with Gasteiger partial charge in [0.2, 0.25) is 0 Å². The number of oxime groups is 1. The van der Waals surface area contributed by atoms with E-state index in [0.29, 0.717) is 32.0 Å². The van der Waals surface area contributed by atoms with Crippen LogP contribution in [0.1, 0.15) is 61.9 Å². The van der Waals surface area contributed by atoms with E-state index < -0.39 is 6.10 Å². The third kappa shape index (κ3) is 7.27. The van der Waals surface area contributed by atoms with Gasteiger partial charge in [0.1, 0.15) is 18.1 Å². The first-order valence-corrected chi connectivity index (χ1v) is 14.4. The van der Waals surface area contributed by atoms with Crippen molar-refractivity contribution in [2.45, 2.75) is 59.0 Å². The molecule has 1 atom stereocenters. The molecule has 218 valence electrons. The van der Waals surface area contributed by atoms with E-state index in [-0.39, 0.29) is 11.4 Å². The first-order chi connectivity index (χ1) is 19.8. The average Bonchev–Trinajstić information content (AvgIpc) is 2.96. The first-order valence-electron chi connectivity index (χ1n) is 14.4. The molecule has 3 aromatic carbocycles. The minimum absolute atomic E-state index is 0.00880. The maximum Gasteiger partial charge on any atom is 0.335 e. The highest BCUT2D eigenvalue weighted by atomic mass is 16.6. The molecule has 1 N–H and O–H groups in total. The molecule has 0 bridgehead atoms. The zero-order valence-corrected chi connectivity index (χ0v) is 24.9. The fourth-order valence-electron chi connectivity index (χ4n) is 5.37. The van der Waals surface area contributed by atoms with Crippen molar-refractivity contribution in [3.8, 4) is 5.75 Å². The molecular weight excluding hydrogens is 516 g/mol. The van der Waals surface area contributed by atoms with E-state index in [1.807, 2.05) is 61.5 Å². The lowest BCUT2D eigenvalue weighted by atomic mass is 9.76. The minimum Gasteiger partial charge on any atom is -0.492 e. The van der Waals surface area contributed by atoms with Crippen molar-refractivity contribution < 1.29 is 24.2 Å². The highest BCUT2D eigenvalue weighted by Gasteiger charge is 2.32. The van der Waals surface area contributed by atoms with Crippen molar-refractivity contribution in [1.82, 2.24) is 0 Å². The number of carbonyl (C=O) groups is 1. The van der Waals surface area contributed by atoms with Gasteiger partial charge in [0.25, 0.3) is 0 Å². The van der Waals surface area contributed by atoms with Gasteiger partial charge in [-0.1, -0.05) is 61.5 Å². The summed E-state index contributed by atoms with van der Waals surface area (Å²) in [7, 11) is 0. The maximum atomic E-state index is 12.2. The number of fused-ring (bicyclic) bond motifs is 1. The molecule has 41 heavy (non-hydrogen) atoms. The Morgan fingerprint density at radius 1 is 1.05 bits per heavy atom. The summed E-state index contributed by atoms with van der Waals surface area (Å²) in [5.41, 5.74) is 6.90. The van der Waals surface area contributed by atoms with Crippen LogP contribution in [0.25, 0.3) is 0 Å². The molecule has 1 heterocycles. The maximum absolute atomic E-state index is 12.2. The van der Waals surface area contributed by atoms with Crippen LogP contribution in [0.5, 0.6) is 5.75 Å². The van der Waals surface area contributed by atoms with Crippen LogP contribution in [0.3, 0.4) is 0 Å². The van der Waals surface area contributed by atoms with E-state index in [4.69, 9.17) is 14.2 Å². The fraction of sp³-hybridized carbons (Fsp3) is 0.412. The largest absolute Gasteiger partial charge is 0.492 e. The molecule has 0 aliphatic carbocycles. The normalized spacial score (nSPS) is 15.2. The summed E-state index contributed by atoms with van der Waals surface area (Å²) >= 11 is 0. The lowest BCUT2D eigenvalue weighted by Gasteiger charge is -2.41. The van der Waals surface area contributed by atoms with E-state index >= 15 is 0 Å². The lowest BCUT2D eigenvalue weighted by molar-refractivity contribution is -0.156. The number of nitrogens with zero attached hydrogens (tertiary/aromatic N) is 2. The second-order valence-corrected chi connectivity index (χ2v) is 11.0. The van der Waals surface area contributed by atoms with Crippen LogP contribution < -0.4 is 9.64 Å². The van der Waals surface area contributed by atoms with Gasteiger partial charge in [-0.05, 0) is 73.6 Å². The molecule has 1 aliphatic heterocycles. The van der Waals surface area contributed by atoms with Gasteiger partial charge >= 0.3 is 5.97 Å². The van der Waals surface area contributed by atoms with Gasteiger partial charge in [-0.15, -0.1) is 0 Å². The number of rotatable bonds is 12. The Morgan fingerprint density at radius 3 is 2.44 bits per heavy atom. The van der Waals surface area contributed by atoms with E-state index in [1.165, 1.54) is 11.3 Å². The Bertz CT molecular complexity index is 1340. The number of hydrogen-bond acceptors (Lipinski definition) is 7. The number of hydrogen-bond donors (Lipinski definition) is 1. The smallest absolute Gasteiger partial charge is 0.335 e. The van der Waals surface area contributed by atoms with Crippen LogP contribution in [0.15, 0.2) is 71.9 Å². The number of ether oxygens (including phenoxy) is 3. The minimum atomic E-state index is -0.605. The van der Waals surface area contributed by atoms with Gasteiger partial charge in [-0.2, -0.15) is 0 Å². The van der Waals surface area contributed by atoms with E-state index in [0.717, 1.165) is 47.5 Å². The lowest BCUT2D eigenvalue weighted by Crippen LogP contribution is -2.39. The Hall–Kier alpha value is -3.84. The van der Waals surface area contributed by atoms with Crippen molar-refractivity contribution in [2.24, 2.45) is 5.16 Å². The van der Waals surface area contributed by atoms with E-state index in [1.54, 1.807) is 6.92 Å². The summed E-state index contributed by atoms with van der Waals surface area (Å²) in [6.45, 7) is 13.3. The Balaban J connectivity index is 1.44. The van der Waals surface area contributed by atoms with Crippen molar-refractivity contribution in [1.29, 1.82) is 0 Å². The van der Waals surface area contributed by atoms with Crippen LogP contribution in [0.2, 0.25) is 0 Å². The molecule has 0 saturated carbocycles. The molecule has 7 heteroatoms. The quantitative estimate of drug-likeness (QED) is 0.122. The Kier molecular flexibility index (Phi) is 10.1. The predicted molar refractivity (Wildman–Crippen MR) is 163 cm³/mol. The second-order valence-electron chi connectivity index (χ2n) is 11.0. The number of aryl methyl sites for hydroxylation is 1. The highest BCUT2D eigenvalue weighted by molar-refractivity contribution is 6.13. The molecule has 0 fully saturated rings. The summed E-state index contributed by atoms with van der Waals surface area (Å²) in [6, 6.07) is 22.0. The molecule has 0 radical (unpaired) electrons. The average molecular weight is 559 g/mol. The fourth-order valence-corrected chi connectivity index (χ4v) is 5.37. The number of carbonyl (C=O) groups excluding carboxylic acids is 1. The topological polar surface area (TPSA) is 80.6 Å². The van der Waals surface area contributed by atoms with Crippen molar-refractivity contribution in [2.75, 3.05) is 37.8 Å². The zero-order chi connectivity index (χ0) is 29.4. The van der Waals surface area contributed by atoms with Gasteiger partial charge in [-0.3, -0.25) is 0 Å². The van der Waals surface area contributed by atoms with Gasteiger partial charge in [0.15, 0.2) is 6.10 Å². The second kappa shape index (κ2) is 13.7.